The monoisotopic (exact) mass is 383 g/mol. The Morgan fingerprint density at radius 3 is 2.25 bits per heavy atom. The summed E-state index contributed by atoms with van der Waals surface area (Å²) >= 11 is 0. The van der Waals surface area contributed by atoms with Crippen molar-refractivity contribution in [3.63, 3.8) is 0 Å². The van der Waals surface area contributed by atoms with Crippen LogP contribution in [-0.4, -0.2) is 37.2 Å². The van der Waals surface area contributed by atoms with Gasteiger partial charge in [0.2, 0.25) is 0 Å². The van der Waals surface area contributed by atoms with Crippen LogP contribution >= 0.6 is 0 Å². The zero-order chi connectivity index (χ0) is 20.3. The lowest BCUT2D eigenvalue weighted by molar-refractivity contribution is 0.0920. The van der Waals surface area contributed by atoms with Crippen molar-refractivity contribution in [3.8, 4) is 17.2 Å². The third kappa shape index (κ3) is 3.74. The van der Waals surface area contributed by atoms with Crippen LogP contribution in [0.3, 0.4) is 0 Å². The van der Waals surface area contributed by atoms with Gasteiger partial charge in [-0.2, -0.15) is 0 Å². The second-order valence-electron chi connectivity index (χ2n) is 6.74. The molecular formula is C21H25N3O4. The van der Waals surface area contributed by atoms with Gasteiger partial charge < -0.3 is 24.5 Å². The summed E-state index contributed by atoms with van der Waals surface area (Å²) in [6.07, 6.45) is 0. The summed E-state index contributed by atoms with van der Waals surface area (Å²) < 4.78 is 16.0. The van der Waals surface area contributed by atoms with Crippen molar-refractivity contribution in [1.82, 2.24) is 15.3 Å². The van der Waals surface area contributed by atoms with Crippen LogP contribution in [0.2, 0.25) is 0 Å². The van der Waals surface area contributed by atoms with Crippen LogP contribution in [0, 0.1) is 5.92 Å². The summed E-state index contributed by atoms with van der Waals surface area (Å²) in [4.78, 5) is 21.0. The maximum absolute atomic E-state index is 13.1. The maximum Gasteiger partial charge on any atom is 0.255 e. The Kier molecular flexibility index (Phi) is 5.73. The summed E-state index contributed by atoms with van der Waals surface area (Å²) in [6.45, 7) is 4.06. The van der Waals surface area contributed by atoms with Crippen molar-refractivity contribution >= 4 is 16.9 Å². The van der Waals surface area contributed by atoms with Gasteiger partial charge in [-0.1, -0.05) is 26.0 Å². The van der Waals surface area contributed by atoms with Gasteiger partial charge in [0.1, 0.15) is 11.6 Å². The molecule has 148 valence electrons. The number of hydrogen-bond donors (Lipinski definition) is 2. The number of amides is 1. The summed E-state index contributed by atoms with van der Waals surface area (Å²) in [6, 6.07) is 10.7. The molecule has 3 aromatic rings. The first-order valence-corrected chi connectivity index (χ1v) is 9.04. The van der Waals surface area contributed by atoms with E-state index in [4.69, 9.17) is 14.2 Å². The highest BCUT2D eigenvalue weighted by atomic mass is 16.5. The molecule has 0 unspecified atom stereocenters. The molecule has 3 rings (SSSR count). The molecule has 1 heterocycles. The number of carbonyl (C=O) groups excluding carboxylic acids is 1. The number of carbonyl (C=O) groups is 1. The third-order valence-electron chi connectivity index (χ3n) is 4.61. The number of hydrogen-bond acceptors (Lipinski definition) is 5. The molecule has 0 spiro atoms. The van der Waals surface area contributed by atoms with E-state index in [1.165, 1.54) is 21.3 Å². The van der Waals surface area contributed by atoms with E-state index in [9.17, 15) is 4.79 Å². The topological polar surface area (TPSA) is 85.5 Å². The third-order valence-corrected chi connectivity index (χ3v) is 4.61. The molecule has 0 aliphatic carbocycles. The first-order valence-electron chi connectivity index (χ1n) is 9.04. The number of aromatic nitrogens is 2. The molecule has 28 heavy (non-hydrogen) atoms. The fourth-order valence-electron chi connectivity index (χ4n) is 3.10. The minimum Gasteiger partial charge on any atom is -0.496 e. The van der Waals surface area contributed by atoms with Crippen molar-refractivity contribution in [2.45, 2.75) is 19.9 Å². The number of imidazole rings is 1. The molecule has 1 atom stereocenters. The van der Waals surface area contributed by atoms with Crippen LogP contribution < -0.4 is 19.5 Å². The normalized spacial score (nSPS) is 12.1. The summed E-state index contributed by atoms with van der Waals surface area (Å²) in [5.74, 6) is 1.91. The average Bonchev–Trinajstić information content (AvgIpc) is 3.14. The van der Waals surface area contributed by atoms with Gasteiger partial charge in [0.15, 0.2) is 11.5 Å². The minimum absolute atomic E-state index is 0.121. The van der Waals surface area contributed by atoms with Crippen LogP contribution in [0.25, 0.3) is 11.0 Å². The predicted molar refractivity (Wildman–Crippen MR) is 107 cm³/mol. The number of benzene rings is 2. The molecule has 0 fully saturated rings. The van der Waals surface area contributed by atoms with E-state index in [1.807, 2.05) is 38.1 Å². The quantitative estimate of drug-likeness (QED) is 0.650. The fourth-order valence-corrected chi connectivity index (χ4v) is 3.10. The molecule has 2 N–H and O–H groups in total. The van der Waals surface area contributed by atoms with E-state index in [1.54, 1.807) is 12.1 Å². The first kappa shape index (κ1) is 19.5. The van der Waals surface area contributed by atoms with Crippen LogP contribution in [0.4, 0.5) is 0 Å². The molecule has 0 aliphatic heterocycles. The minimum atomic E-state index is -0.294. The molecule has 7 nitrogen and oxygen atoms in total. The summed E-state index contributed by atoms with van der Waals surface area (Å²) in [5.41, 5.74) is 2.16. The van der Waals surface area contributed by atoms with E-state index in [2.05, 4.69) is 15.3 Å². The highest BCUT2D eigenvalue weighted by Gasteiger charge is 2.25. The van der Waals surface area contributed by atoms with Crippen LogP contribution in [0.1, 0.15) is 36.1 Å². The Bertz CT molecular complexity index is 948. The van der Waals surface area contributed by atoms with Crippen LogP contribution in [0.15, 0.2) is 36.4 Å². The largest absolute Gasteiger partial charge is 0.496 e. The van der Waals surface area contributed by atoms with Gasteiger partial charge in [-0.25, -0.2) is 4.98 Å². The number of para-hydroxylation sites is 2. The fraction of sp³-hybridized carbons (Fsp3) is 0.333. The first-order chi connectivity index (χ1) is 13.5. The van der Waals surface area contributed by atoms with E-state index in [0.29, 0.717) is 28.6 Å². The molecule has 0 radical (unpaired) electrons. The molecule has 7 heteroatoms. The molecule has 1 aromatic heterocycles. The van der Waals surface area contributed by atoms with Crippen molar-refractivity contribution in [1.29, 1.82) is 0 Å². The van der Waals surface area contributed by atoms with Crippen molar-refractivity contribution in [2.75, 3.05) is 21.3 Å². The zero-order valence-electron chi connectivity index (χ0n) is 16.7. The van der Waals surface area contributed by atoms with Crippen LogP contribution in [0.5, 0.6) is 17.2 Å². The van der Waals surface area contributed by atoms with E-state index < -0.39 is 0 Å². The number of fused-ring (bicyclic) bond motifs is 1. The van der Waals surface area contributed by atoms with Gasteiger partial charge in [0.25, 0.3) is 5.91 Å². The Balaban J connectivity index is 1.94. The molecule has 0 saturated carbocycles. The Morgan fingerprint density at radius 1 is 1.00 bits per heavy atom. The molecule has 0 saturated heterocycles. The van der Waals surface area contributed by atoms with Gasteiger partial charge in [-0.15, -0.1) is 0 Å². The lowest BCUT2D eigenvalue weighted by Crippen LogP contribution is -2.32. The zero-order valence-corrected chi connectivity index (χ0v) is 16.7. The Morgan fingerprint density at radius 2 is 1.64 bits per heavy atom. The predicted octanol–water partition coefficient (Wildman–Crippen LogP) is 3.72. The number of rotatable bonds is 7. The highest BCUT2D eigenvalue weighted by Crippen LogP contribution is 2.35. The van der Waals surface area contributed by atoms with E-state index >= 15 is 0 Å². The molecule has 1 amide bonds. The van der Waals surface area contributed by atoms with Crippen molar-refractivity contribution < 1.29 is 19.0 Å². The molecule has 0 aliphatic rings. The summed E-state index contributed by atoms with van der Waals surface area (Å²) in [5, 5.41) is 3.06. The molecule has 2 aromatic carbocycles. The molecule has 0 bridgehead atoms. The SMILES string of the molecule is COc1cc(OC)c(C(=O)N[C@H](c2nc3ccccc3[nH]2)C(C)C)cc1OC. The van der Waals surface area contributed by atoms with Crippen molar-refractivity contribution in [2.24, 2.45) is 5.92 Å². The van der Waals surface area contributed by atoms with Gasteiger partial charge in [0, 0.05) is 12.1 Å². The number of H-pyrrole nitrogens is 1. The van der Waals surface area contributed by atoms with Gasteiger partial charge in [-0.3, -0.25) is 4.79 Å². The number of nitrogens with one attached hydrogen (secondary N) is 2. The van der Waals surface area contributed by atoms with E-state index in [-0.39, 0.29) is 17.9 Å². The van der Waals surface area contributed by atoms with Crippen molar-refractivity contribution in [3.05, 3.63) is 47.8 Å². The number of methoxy groups -OCH3 is 3. The number of aromatic amines is 1. The lowest BCUT2D eigenvalue weighted by atomic mass is 10.0. The summed E-state index contributed by atoms with van der Waals surface area (Å²) in [7, 11) is 4.57. The highest BCUT2D eigenvalue weighted by molar-refractivity contribution is 5.98. The number of ether oxygens (including phenoxy) is 3. The maximum atomic E-state index is 13.1. The standard InChI is InChI=1S/C21H25N3O4/c1-12(2)19(20-22-14-8-6-7-9-15(14)23-20)24-21(25)13-10-17(27-4)18(28-5)11-16(13)26-3/h6-12,19H,1-5H3,(H,22,23)(H,24,25)/t19-/m0/s1. The van der Waals surface area contributed by atoms with Gasteiger partial charge in [-0.05, 0) is 18.1 Å². The van der Waals surface area contributed by atoms with E-state index in [0.717, 1.165) is 11.0 Å². The molecular weight excluding hydrogens is 358 g/mol. The smallest absolute Gasteiger partial charge is 0.255 e. The lowest BCUT2D eigenvalue weighted by Gasteiger charge is -2.21. The second-order valence-corrected chi connectivity index (χ2v) is 6.74. The number of nitrogens with zero attached hydrogens (tertiary/aromatic N) is 1. The van der Waals surface area contributed by atoms with Gasteiger partial charge in [0.05, 0.1) is 44.0 Å². The Hall–Kier alpha value is -3.22. The van der Waals surface area contributed by atoms with Crippen LogP contribution in [-0.2, 0) is 0 Å². The average molecular weight is 383 g/mol. The van der Waals surface area contributed by atoms with Gasteiger partial charge >= 0.3 is 0 Å². The Labute approximate surface area is 164 Å². The second kappa shape index (κ2) is 8.21.